The van der Waals surface area contributed by atoms with Crippen LogP contribution >= 0.6 is 23.5 Å². The summed E-state index contributed by atoms with van der Waals surface area (Å²) >= 11 is 2.72. The number of primary amides is 1. The van der Waals surface area contributed by atoms with Crippen LogP contribution in [-0.4, -0.2) is 202 Å². The lowest BCUT2D eigenvalue weighted by molar-refractivity contribution is -0.143. The second-order valence-corrected chi connectivity index (χ2v) is 30.7. The first-order valence-electron chi connectivity index (χ1n) is 34.6. The van der Waals surface area contributed by atoms with E-state index in [1.807, 2.05) is 24.3 Å². The van der Waals surface area contributed by atoms with Gasteiger partial charge in [0, 0.05) is 73.0 Å². The van der Waals surface area contributed by atoms with Crippen LogP contribution in [0.25, 0.3) is 11.0 Å². The molecule has 0 aliphatic carbocycles. The summed E-state index contributed by atoms with van der Waals surface area (Å²) in [5.74, 6) is -10.1. The van der Waals surface area contributed by atoms with Crippen molar-refractivity contribution < 1.29 is 78.0 Å². The van der Waals surface area contributed by atoms with Crippen molar-refractivity contribution in [2.75, 3.05) is 24.7 Å². The minimum absolute atomic E-state index is 0.00306. The number of thioether (sulfide) groups is 2. The summed E-state index contributed by atoms with van der Waals surface area (Å²) in [6.45, 7) is 14.0. The zero-order valence-corrected chi connectivity index (χ0v) is 62.2. The number of nitrogens with one attached hydrogen (secondary N) is 11. The summed E-state index contributed by atoms with van der Waals surface area (Å²) in [6.07, 6.45) is 1.23. The minimum Gasteiger partial charge on any atom is -0.508 e. The zero-order valence-electron chi connectivity index (χ0n) is 60.5. The molecule has 5 aromatic rings. The van der Waals surface area contributed by atoms with Crippen LogP contribution in [0.1, 0.15) is 116 Å². The summed E-state index contributed by atoms with van der Waals surface area (Å²) < 4.78 is 0. The number of aromatic hydroxyl groups is 2. The maximum absolute atomic E-state index is 15.0. The Labute approximate surface area is 617 Å². The summed E-state index contributed by atoms with van der Waals surface area (Å²) in [7, 11) is 0. The number of phenolic OH excluding ortho intramolecular Hbond substituents is 2. The number of aromatic amines is 1. The van der Waals surface area contributed by atoms with Crippen molar-refractivity contribution in [1.29, 1.82) is 0 Å². The number of nitrogens with zero attached hydrogens (tertiary/aromatic N) is 2. The van der Waals surface area contributed by atoms with Crippen LogP contribution in [0.4, 0.5) is 0 Å². The van der Waals surface area contributed by atoms with Gasteiger partial charge in [0.2, 0.25) is 70.9 Å². The Kier molecular flexibility index (Phi) is 28.9. The van der Waals surface area contributed by atoms with E-state index in [0.29, 0.717) is 51.4 Å². The lowest BCUT2D eigenvalue weighted by Gasteiger charge is -2.36. The minimum atomic E-state index is -1.90. The number of rotatable bonds is 10. The molecule has 2 aliphatic heterocycles. The fourth-order valence-corrected chi connectivity index (χ4v) is 13.7. The third-order valence-corrected chi connectivity index (χ3v) is 20.6. The first-order valence-corrected chi connectivity index (χ1v) is 36.9. The predicted molar refractivity (Wildman–Crippen MR) is 394 cm³/mol. The maximum Gasteiger partial charge on any atom is 0.246 e. The van der Waals surface area contributed by atoms with E-state index in [9.17, 15) is 73.2 Å². The summed E-state index contributed by atoms with van der Waals surface area (Å²) in [4.78, 5) is 180. The van der Waals surface area contributed by atoms with Crippen LogP contribution in [0, 0.1) is 11.3 Å². The van der Waals surface area contributed by atoms with Gasteiger partial charge >= 0.3 is 0 Å². The molecule has 7 rings (SSSR count). The number of benzene rings is 3. The normalized spacial score (nSPS) is 25.3. The van der Waals surface area contributed by atoms with Crippen molar-refractivity contribution in [3.63, 3.8) is 0 Å². The molecule has 568 valence electrons. The number of phenols is 2. The molecule has 11 atom stereocenters. The van der Waals surface area contributed by atoms with E-state index in [1.54, 1.807) is 65.1 Å². The molecule has 2 aliphatic rings. The number of pyridine rings is 1. The topological polar surface area (TPSA) is 464 Å². The molecule has 0 spiro atoms. The van der Waals surface area contributed by atoms with Gasteiger partial charge in [0.15, 0.2) is 0 Å². The Morgan fingerprint density at radius 2 is 1.25 bits per heavy atom. The van der Waals surface area contributed by atoms with E-state index in [-0.39, 0.29) is 55.9 Å². The molecule has 0 unspecified atom stereocenters. The van der Waals surface area contributed by atoms with E-state index < -0.39 is 160 Å². The number of aliphatic hydroxyl groups is 2. The highest BCUT2D eigenvalue weighted by molar-refractivity contribution is 7.98. The number of hydrogen-bond acceptors (Lipinski definition) is 19. The van der Waals surface area contributed by atoms with Gasteiger partial charge in [-0.3, -0.25) is 57.5 Å². The van der Waals surface area contributed by atoms with Gasteiger partial charge in [-0.1, -0.05) is 83.1 Å². The van der Waals surface area contributed by atoms with E-state index in [2.05, 4.69) is 63.1 Å². The summed E-state index contributed by atoms with van der Waals surface area (Å²) in [5, 5.41) is 69.1. The van der Waals surface area contributed by atoms with Crippen molar-refractivity contribution in [2.24, 2.45) is 17.1 Å². The third-order valence-electron chi connectivity index (χ3n) is 18.4. The van der Waals surface area contributed by atoms with E-state index in [1.165, 1.54) is 106 Å². The molecular formula is C73H98N14O16S2. The highest BCUT2D eigenvalue weighted by Gasteiger charge is 2.45. The van der Waals surface area contributed by atoms with Gasteiger partial charge < -0.3 is 89.2 Å². The standard InChI is InChI=1S/C73H98N14O16S2/c1-39(2)73(10)70(103)82-53(35-88)62(95)81-54(59(74)93)38-105-37-45-15-11-14-44(30-45)36-104-29-26-56(92)83-58(71(5,6)7)67(100)80-52(32-43-20-24-48(91)25-21-43)68(101)87-28-13-17-55(87)65(98)84-57(41(4)89)66(99)79-51(33-46-34-76-60-49(46)16-12-27-75-60)63(96)85-72(8,9)69(102)77-40(3)61(94)78-50(64(97)86-73)31-42-18-22-47(90)23-19-42/h11-12,14-16,18-25,27,30,34,39-41,50-55,57-58,88-91H,13,17,26,28-29,31-33,35-38H2,1-10H3,(H2,74,93)(H,75,76)(H,77,102)(H,78,94)(H,79,99)(H,80,100)(H,81,95)(H,82,103)(H,83,92)(H,84,98)(H,85,96)(H,86,97)/t40-,41+,50-,51-,52-,53-,54-,55-,57-,58+,73-/m0/s1. The monoisotopic (exact) mass is 1490 g/mol. The SMILES string of the molecule is CC(C)[C@]1(C)NC(=O)[C@H](Cc2ccc(O)cc2)NC(=O)[C@H](C)NC(=O)C(C)(C)NC(=O)[C@H](Cc2c[nH]c3ncccc23)NC(=O)[C@H]([C@@H](C)O)NC(=O)[C@@H]2CCCN2C(=O)[C@H](Cc2ccc(O)cc2)NC(=O)[C@H](C(C)(C)C)NC(=O)CCSCc2cccc(c2)CSC[C@@H](C(N)=O)NC(=O)[C@H](CO)NC1=O. The average Bonchev–Trinajstić information content (AvgIpc) is 1.11. The van der Waals surface area contributed by atoms with Crippen molar-refractivity contribution in [3.8, 4) is 11.5 Å². The van der Waals surface area contributed by atoms with Crippen molar-refractivity contribution in [3.05, 3.63) is 125 Å². The van der Waals surface area contributed by atoms with Crippen LogP contribution in [0.5, 0.6) is 11.5 Å². The largest absolute Gasteiger partial charge is 0.508 e. The highest BCUT2D eigenvalue weighted by Crippen LogP contribution is 2.27. The number of carbonyl (C=O) groups excluding carboxylic acids is 12. The smallest absolute Gasteiger partial charge is 0.246 e. The summed E-state index contributed by atoms with van der Waals surface area (Å²) in [5.41, 5.74) is 4.69. The summed E-state index contributed by atoms with van der Waals surface area (Å²) in [6, 6.07) is 9.51. The van der Waals surface area contributed by atoms with Crippen molar-refractivity contribution in [2.45, 2.75) is 191 Å². The van der Waals surface area contributed by atoms with Gasteiger partial charge in [0.1, 0.15) is 82.6 Å². The Morgan fingerprint density at radius 1 is 0.657 bits per heavy atom. The molecule has 0 saturated carbocycles. The number of H-pyrrole nitrogens is 1. The van der Waals surface area contributed by atoms with Crippen molar-refractivity contribution >= 4 is 105 Å². The fraction of sp³-hybridized carbons (Fsp3) is 0.493. The number of hydrogen-bond donors (Lipinski definition) is 16. The van der Waals surface area contributed by atoms with Crippen LogP contribution < -0.4 is 58.9 Å². The molecule has 17 N–H and O–H groups in total. The molecule has 32 heteroatoms. The molecule has 12 amide bonds. The van der Waals surface area contributed by atoms with Gasteiger partial charge in [0.05, 0.1) is 12.7 Å². The van der Waals surface area contributed by atoms with Crippen LogP contribution in [0.15, 0.2) is 97.3 Å². The Morgan fingerprint density at radius 3 is 1.85 bits per heavy atom. The number of carbonyl (C=O) groups is 12. The zero-order chi connectivity index (χ0) is 77.3. The molecule has 105 heavy (non-hydrogen) atoms. The number of aliphatic hydroxyl groups excluding tert-OH is 2. The van der Waals surface area contributed by atoms with Gasteiger partial charge in [-0.25, -0.2) is 4.98 Å². The van der Waals surface area contributed by atoms with E-state index >= 15 is 4.79 Å². The third kappa shape index (κ3) is 22.9. The van der Waals surface area contributed by atoms with Gasteiger partial charge in [-0.15, -0.1) is 0 Å². The first-order chi connectivity index (χ1) is 49.5. The Bertz CT molecular complexity index is 3960. The van der Waals surface area contributed by atoms with E-state index in [4.69, 9.17) is 5.73 Å². The molecule has 1 saturated heterocycles. The van der Waals surface area contributed by atoms with E-state index in [0.717, 1.165) is 11.1 Å². The Balaban J connectivity index is 1.19. The van der Waals surface area contributed by atoms with Gasteiger partial charge in [0.25, 0.3) is 0 Å². The van der Waals surface area contributed by atoms with Gasteiger partial charge in [-0.05, 0) is 123 Å². The quantitative estimate of drug-likeness (QED) is 0.0919. The predicted octanol–water partition coefficient (Wildman–Crippen LogP) is 0.792. The maximum atomic E-state index is 15.0. The Hall–Kier alpha value is -9.79. The molecule has 1 fully saturated rings. The average molecular weight is 1490 g/mol. The van der Waals surface area contributed by atoms with Crippen molar-refractivity contribution in [1.82, 2.24) is 68.0 Å². The van der Waals surface area contributed by atoms with Crippen LogP contribution in [0.2, 0.25) is 0 Å². The van der Waals surface area contributed by atoms with Gasteiger partial charge in [-0.2, -0.15) is 23.5 Å². The number of fused-ring (bicyclic) bond motifs is 4. The molecule has 2 bridgehead atoms. The molecule has 2 aromatic heterocycles. The lowest BCUT2D eigenvalue weighted by atomic mass is 9.85. The second kappa shape index (κ2) is 36.8. The van der Waals surface area contributed by atoms with Crippen LogP contribution in [0.3, 0.4) is 0 Å². The lowest BCUT2D eigenvalue weighted by Crippen LogP contribution is -2.66. The first kappa shape index (κ1) is 82.5. The molecule has 30 nitrogen and oxygen atoms in total. The number of nitrogens with two attached hydrogens (primary N) is 1. The molecule has 0 radical (unpaired) electrons. The van der Waals surface area contributed by atoms with Crippen LogP contribution in [-0.2, 0) is 88.3 Å². The molecule has 4 heterocycles. The molecule has 3 aromatic carbocycles. The second-order valence-electron chi connectivity index (χ2n) is 28.6. The molecular weight excluding hydrogens is 1390 g/mol. The number of aromatic nitrogens is 2. The highest BCUT2D eigenvalue weighted by atomic mass is 32.2. The number of amides is 12. The fourth-order valence-electron chi connectivity index (χ4n) is 11.8.